The highest BCUT2D eigenvalue weighted by Gasteiger charge is 2.31. The summed E-state index contributed by atoms with van der Waals surface area (Å²) < 4.78 is 33.5. The molecule has 1 N–H and O–H groups in total. The Morgan fingerprint density at radius 3 is 2.43 bits per heavy atom. The first-order valence-electron chi connectivity index (χ1n) is 13.2. The van der Waals surface area contributed by atoms with E-state index in [1.165, 1.54) is 22.2 Å². The van der Waals surface area contributed by atoms with Crippen molar-refractivity contribution in [2.24, 2.45) is 0 Å². The fraction of sp³-hybridized carbons (Fsp3) is 0.500. The number of piperidine rings is 1. The third-order valence-corrected chi connectivity index (χ3v) is 12.0. The minimum Gasteiger partial charge on any atom is -0.490 e. The zero-order valence-electron chi connectivity index (χ0n) is 22.3. The van der Waals surface area contributed by atoms with Gasteiger partial charge in [-0.25, -0.2) is 12.7 Å². The predicted octanol–water partition coefficient (Wildman–Crippen LogP) is 5.91. The Hall–Kier alpha value is -1.84. The van der Waals surface area contributed by atoms with Crippen LogP contribution in [0.5, 0.6) is 5.75 Å². The Kier molecular flexibility index (Phi) is 7.50. The van der Waals surface area contributed by atoms with Crippen molar-refractivity contribution < 1.29 is 13.2 Å². The second-order valence-electron chi connectivity index (χ2n) is 11.8. The van der Waals surface area contributed by atoms with Crippen molar-refractivity contribution in [3.05, 3.63) is 64.3 Å². The summed E-state index contributed by atoms with van der Waals surface area (Å²) in [5, 5.41) is 1.98. The number of benzene rings is 2. The van der Waals surface area contributed by atoms with Crippen molar-refractivity contribution in [2.45, 2.75) is 57.1 Å². The van der Waals surface area contributed by atoms with Gasteiger partial charge in [-0.3, -0.25) is 4.90 Å². The van der Waals surface area contributed by atoms with Crippen LogP contribution < -0.4 is 4.74 Å². The van der Waals surface area contributed by atoms with Gasteiger partial charge in [-0.05, 0) is 73.8 Å². The number of nitrogens with zero attached hydrogens (tertiary/aromatic N) is 2. The van der Waals surface area contributed by atoms with Crippen molar-refractivity contribution in [1.82, 2.24) is 14.2 Å². The van der Waals surface area contributed by atoms with Gasteiger partial charge in [0.2, 0.25) is 10.0 Å². The van der Waals surface area contributed by atoms with Gasteiger partial charge >= 0.3 is 0 Å². The normalized spacial score (nSPS) is 20.3. The molecule has 0 aliphatic carbocycles. The first kappa shape index (κ1) is 26.8. The highest BCUT2D eigenvalue weighted by molar-refractivity contribution is 7.89. The fourth-order valence-electron chi connectivity index (χ4n) is 5.52. The van der Waals surface area contributed by atoms with E-state index in [4.69, 9.17) is 16.3 Å². The van der Waals surface area contributed by atoms with Gasteiger partial charge in [-0.1, -0.05) is 43.4 Å². The number of likely N-dealkylation sites (N-methyl/N-ethyl adjacent to an activating group) is 1. The molecule has 9 heteroatoms. The molecular weight excluding hydrogens is 522 g/mol. The molecule has 6 nitrogen and oxygen atoms in total. The number of rotatable bonds is 7. The number of hydrogen-bond donors (Lipinski definition) is 1. The van der Waals surface area contributed by atoms with E-state index >= 15 is 0 Å². The van der Waals surface area contributed by atoms with Crippen LogP contribution in [0.4, 0.5) is 0 Å². The van der Waals surface area contributed by atoms with Crippen LogP contribution >= 0.6 is 11.6 Å². The highest BCUT2D eigenvalue weighted by atomic mass is 35.5. The van der Waals surface area contributed by atoms with E-state index in [9.17, 15) is 8.42 Å². The molecule has 2 aromatic carbocycles. The van der Waals surface area contributed by atoms with Crippen molar-refractivity contribution in [3.63, 3.8) is 0 Å². The first-order valence-corrected chi connectivity index (χ1v) is 18.9. The summed E-state index contributed by atoms with van der Waals surface area (Å²) in [6.07, 6.45) is 2.48. The predicted molar refractivity (Wildman–Crippen MR) is 155 cm³/mol. The average molecular weight is 560 g/mol. The van der Waals surface area contributed by atoms with Crippen LogP contribution in [0.2, 0.25) is 30.7 Å². The number of sulfonamides is 1. The van der Waals surface area contributed by atoms with Crippen LogP contribution in [-0.2, 0) is 16.4 Å². The molecule has 1 saturated heterocycles. The van der Waals surface area contributed by atoms with Crippen LogP contribution in [0, 0.1) is 0 Å². The summed E-state index contributed by atoms with van der Waals surface area (Å²) in [6, 6.07) is 15.4. The average Bonchev–Trinajstić information content (AvgIpc) is 3.21. The molecule has 2 aliphatic rings. The van der Waals surface area contributed by atoms with Crippen LogP contribution in [0.25, 0.3) is 10.9 Å². The van der Waals surface area contributed by atoms with Crippen molar-refractivity contribution in [1.29, 1.82) is 0 Å². The molecule has 5 rings (SSSR count). The van der Waals surface area contributed by atoms with Crippen LogP contribution in [0.3, 0.4) is 0 Å². The van der Waals surface area contributed by atoms with Crippen molar-refractivity contribution >= 4 is 40.6 Å². The maximum atomic E-state index is 12.8. The maximum Gasteiger partial charge on any atom is 0.213 e. The van der Waals surface area contributed by atoms with Gasteiger partial charge in [0, 0.05) is 49.3 Å². The minimum absolute atomic E-state index is 0.0386. The first-order chi connectivity index (χ1) is 17.5. The number of aromatic nitrogens is 1. The summed E-state index contributed by atoms with van der Waals surface area (Å²) >= 11 is 6.29. The molecule has 3 heterocycles. The molecule has 0 radical (unpaired) electrons. The lowest BCUT2D eigenvalue weighted by atomic mass is 9.93. The zero-order valence-corrected chi connectivity index (χ0v) is 24.8. The molecule has 1 unspecified atom stereocenters. The lowest BCUT2D eigenvalue weighted by molar-refractivity contribution is 0.135. The summed E-state index contributed by atoms with van der Waals surface area (Å²) in [5.74, 6) is 1.11. The SMILES string of the molecule is CN1CCc2c([nH]c3ccc(Cl)cc23)C1c1ccc(OC2CCN(S(=O)(=O)CC[Si](C)(C)C)CC2)cc1. The summed E-state index contributed by atoms with van der Waals surface area (Å²) in [7, 11) is -2.40. The Bertz CT molecular complexity index is 1360. The Labute approximate surface area is 227 Å². The zero-order chi connectivity index (χ0) is 26.4. The third kappa shape index (κ3) is 5.93. The second-order valence-corrected chi connectivity index (χ2v) is 19.9. The van der Waals surface area contributed by atoms with Gasteiger partial charge in [0.05, 0.1) is 11.8 Å². The Balaban J connectivity index is 1.24. The van der Waals surface area contributed by atoms with E-state index in [0.29, 0.717) is 13.1 Å². The van der Waals surface area contributed by atoms with Crippen LogP contribution in [-0.4, -0.2) is 69.2 Å². The summed E-state index contributed by atoms with van der Waals surface area (Å²) in [5.41, 5.74) is 4.94. The molecule has 0 spiro atoms. The van der Waals surface area contributed by atoms with Gasteiger partial charge in [0.15, 0.2) is 0 Å². The van der Waals surface area contributed by atoms with Crippen molar-refractivity contribution in [2.75, 3.05) is 32.4 Å². The lowest BCUT2D eigenvalue weighted by Gasteiger charge is -2.33. The van der Waals surface area contributed by atoms with Gasteiger partial charge < -0.3 is 9.72 Å². The van der Waals surface area contributed by atoms with E-state index in [0.717, 1.165) is 48.1 Å². The molecule has 1 fully saturated rings. The van der Waals surface area contributed by atoms with Gasteiger partial charge in [-0.2, -0.15) is 0 Å². The molecule has 37 heavy (non-hydrogen) atoms. The lowest BCUT2D eigenvalue weighted by Crippen LogP contribution is -2.43. The molecule has 1 atom stereocenters. The number of hydrogen-bond acceptors (Lipinski definition) is 4. The molecule has 0 bridgehead atoms. The standard InChI is InChI=1S/C28H38ClN3O3SSi/c1-31-14-13-24-25-19-21(29)7-10-26(25)30-27(24)28(31)20-5-8-22(9-6-20)35-23-11-15-32(16-12-23)36(33,34)17-18-37(2,3)4/h5-10,19,23,28,30H,11-18H2,1-4H3. The molecule has 1 aromatic heterocycles. The molecular formula is C28H38ClN3O3SSi. The minimum atomic E-state index is -3.18. The summed E-state index contributed by atoms with van der Waals surface area (Å²) in [6.45, 7) is 8.71. The quantitative estimate of drug-likeness (QED) is 0.365. The molecule has 200 valence electrons. The Morgan fingerprint density at radius 1 is 1.05 bits per heavy atom. The van der Waals surface area contributed by atoms with E-state index in [1.807, 2.05) is 18.2 Å². The Morgan fingerprint density at radius 2 is 1.76 bits per heavy atom. The van der Waals surface area contributed by atoms with Crippen molar-refractivity contribution in [3.8, 4) is 5.75 Å². The van der Waals surface area contributed by atoms with Crippen LogP contribution in [0.1, 0.15) is 35.7 Å². The molecule has 0 amide bonds. The van der Waals surface area contributed by atoms with E-state index in [-0.39, 0.29) is 17.9 Å². The summed E-state index contributed by atoms with van der Waals surface area (Å²) in [4.78, 5) is 6.04. The van der Waals surface area contributed by atoms with E-state index in [1.54, 1.807) is 4.31 Å². The maximum absolute atomic E-state index is 12.8. The smallest absolute Gasteiger partial charge is 0.213 e. The number of aromatic amines is 1. The number of H-pyrrole nitrogens is 1. The molecule has 2 aliphatic heterocycles. The highest BCUT2D eigenvalue weighted by Crippen LogP contribution is 2.38. The molecule has 3 aromatic rings. The molecule has 0 saturated carbocycles. The van der Waals surface area contributed by atoms with E-state index in [2.05, 4.69) is 60.8 Å². The fourth-order valence-corrected chi connectivity index (χ4v) is 10.2. The third-order valence-electron chi connectivity index (χ3n) is 7.73. The van der Waals surface area contributed by atoms with Crippen LogP contribution in [0.15, 0.2) is 42.5 Å². The number of nitrogens with one attached hydrogen (secondary N) is 1. The van der Waals surface area contributed by atoms with Gasteiger partial charge in [0.25, 0.3) is 0 Å². The second kappa shape index (κ2) is 10.4. The number of fused-ring (bicyclic) bond motifs is 3. The largest absolute Gasteiger partial charge is 0.490 e. The number of halogens is 1. The van der Waals surface area contributed by atoms with Gasteiger partial charge in [-0.15, -0.1) is 0 Å². The van der Waals surface area contributed by atoms with Gasteiger partial charge in [0.1, 0.15) is 11.9 Å². The number of ether oxygens (including phenoxy) is 1. The monoisotopic (exact) mass is 559 g/mol. The van der Waals surface area contributed by atoms with E-state index < -0.39 is 18.1 Å². The topological polar surface area (TPSA) is 65.6 Å².